The van der Waals surface area contributed by atoms with Gasteiger partial charge in [0.05, 0.1) is 15.7 Å². The number of carbonyl (C=O) groups is 1. The van der Waals surface area contributed by atoms with Gasteiger partial charge < -0.3 is 15.6 Å². The van der Waals surface area contributed by atoms with E-state index in [0.29, 0.717) is 58.3 Å². The number of nitrogens with one attached hydrogen (secondary N) is 3. The summed E-state index contributed by atoms with van der Waals surface area (Å²) in [5, 5.41) is 11.5. The summed E-state index contributed by atoms with van der Waals surface area (Å²) >= 11 is 19.0. The highest BCUT2D eigenvalue weighted by Gasteiger charge is 2.21. The van der Waals surface area contributed by atoms with E-state index >= 15 is 0 Å². The number of H-pyrrole nitrogens is 1. The first kappa shape index (κ1) is 26.7. The lowest BCUT2D eigenvalue weighted by atomic mass is 10.1. The number of halogens is 3. The van der Waals surface area contributed by atoms with Gasteiger partial charge in [-0.1, -0.05) is 53.9 Å². The monoisotopic (exact) mass is 581 g/mol. The van der Waals surface area contributed by atoms with Crippen LogP contribution in [-0.2, 0) is 19.4 Å². The molecule has 5 aromatic rings. The molecule has 0 saturated carbocycles. The first-order valence-electron chi connectivity index (χ1n) is 12.0. The number of anilines is 1. The van der Waals surface area contributed by atoms with Crippen molar-refractivity contribution in [1.29, 1.82) is 0 Å². The maximum absolute atomic E-state index is 13.1. The molecule has 9 nitrogen and oxygen atoms in total. The maximum atomic E-state index is 13.1. The fraction of sp³-hybridized carbons (Fsp3) is 0.148. The summed E-state index contributed by atoms with van der Waals surface area (Å²) in [5.74, 6) is 0.438. The molecule has 3 aromatic heterocycles. The van der Waals surface area contributed by atoms with Crippen LogP contribution in [0.1, 0.15) is 29.6 Å². The van der Waals surface area contributed by atoms with E-state index in [1.807, 2.05) is 31.2 Å². The van der Waals surface area contributed by atoms with E-state index in [1.54, 1.807) is 36.7 Å². The molecule has 0 saturated heterocycles. The topological polar surface area (TPSA) is 118 Å². The minimum absolute atomic E-state index is 0.288. The molecule has 0 aliphatic carbocycles. The van der Waals surface area contributed by atoms with Gasteiger partial charge in [0.2, 0.25) is 0 Å². The third-order valence-corrected chi connectivity index (χ3v) is 6.77. The smallest absolute Gasteiger partial charge is 0.319 e. The number of carbonyl (C=O) groups excluding carboxylic acids is 1. The molecule has 0 fully saturated rings. The predicted octanol–water partition coefficient (Wildman–Crippen LogP) is 5.94. The van der Waals surface area contributed by atoms with Crippen LogP contribution < -0.4 is 16.2 Å². The van der Waals surface area contributed by atoms with Gasteiger partial charge >= 0.3 is 6.03 Å². The lowest BCUT2D eigenvalue weighted by Crippen LogP contribution is -2.28. The third-order valence-electron chi connectivity index (χ3n) is 5.97. The Balaban J connectivity index is 1.37. The van der Waals surface area contributed by atoms with Crippen LogP contribution in [0.25, 0.3) is 16.7 Å². The highest BCUT2D eigenvalue weighted by atomic mass is 35.5. The Morgan fingerprint density at radius 3 is 2.36 bits per heavy atom. The summed E-state index contributed by atoms with van der Waals surface area (Å²) in [4.78, 5) is 36.9. The zero-order chi connectivity index (χ0) is 27.5. The van der Waals surface area contributed by atoms with Gasteiger partial charge in [0.15, 0.2) is 5.65 Å². The van der Waals surface area contributed by atoms with Crippen molar-refractivity contribution in [1.82, 2.24) is 30.0 Å². The second kappa shape index (κ2) is 11.4. The van der Waals surface area contributed by atoms with Gasteiger partial charge in [-0.05, 0) is 53.9 Å². The lowest BCUT2D eigenvalue weighted by Gasteiger charge is -2.10. The number of amides is 2. The van der Waals surface area contributed by atoms with Crippen LogP contribution in [0, 0.1) is 0 Å². The van der Waals surface area contributed by atoms with Crippen LogP contribution in [0.5, 0.6) is 0 Å². The van der Waals surface area contributed by atoms with E-state index in [1.165, 1.54) is 4.68 Å². The van der Waals surface area contributed by atoms with E-state index < -0.39 is 0 Å². The number of rotatable bonds is 7. The van der Waals surface area contributed by atoms with Crippen LogP contribution in [0.4, 0.5) is 10.5 Å². The number of pyridine rings is 1. The summed E-state index contributed by atoms with van der Waals surface area (Å²) < 4.78 is 1.49. The van der Waals surface area contributed by atoms with E-state index in [4.69, 9.17) is 39.8 Å². The molecule has 198 valence electrons. The fourth-order valence-corrected chi connectivity index (χ4v) is 5.10. The van der Waals surface area contributed by atoms with Gasteiger partial charge in [-0.25, -0.2) is 14.5 Å². The molecule has 3 N–H and O–H groups in total. The number of nitrogens with zero attached hydrogens (tertiary/aromatic N) is 4. The quantitative estimate of drug-likeness (QED) is 0.220. The normalized spacial score (nSPS) is 11.1. The Kier molecular flexibility index (Phi) is 7.83. The van der Waals surface area contributed by atoms with Crippen LogP contribution in [-0.4, -0.2) is 30.8 Å². The minimum Gasteiger partial charge on any atom is -0.334 e. The van der Waals surface area contributed by atoms with Gasteiger partial charge in [0.25, 0.3) is 5.56 Å². The van der Waals surface area contributed by atoms with Crippen LogP contribution >= 0.6 is 34.8 Å². The van der Waals surface area contributed by atoms with Gasteiger partial charge in [0, 0.05) is 36.1 Å². The Morgan fingerprint density at radius 2 is 1.69 bits per heavy atom. The molecule has 0 aliphatic rings. The van der Waals surface area contributed by atoms with Crippen molar-refractivity contribution in [2.45, 2.75) is 26.3 Å². The molecule has 2 amide bonds. The Hall–Kier alpha value is -3.92. The summed E-state index contributed by atoms with van der Waals surface area (Å²) in [5.41, 5.74) is 3.47. The molecule has 0 atom stereocenters. The second-order valence-electron chi connectivity index (χ2n) is 8.68. The number of fused-ring (bicyclic) bond motifs is 1. The zero-order valence-electron chi connectivity index (χ0n) is 20.6. The number of aromatic nitrogens is 5. The standard InChI is InChI=1S/C27H22Cl3N7O2/c1-2-21-23-25(37(36-21)24-19(29)12-17(28)13-20(24)30)34-22(35-26(23)38)11-15-3-5-18(6-4-15)33-27(39)32-14-16-7-9-31-10-8-16/h3-10,12-13H,2,11,14H2,1H3,(H2,32,33,39)(H,34,35,38). The molecule has 0 bridgehead atoms. The number of hydrogen-bond acceptors (Lipinski definition) is 5. The van der Waals surface area contributed by atoms with Crippen molar-refractivity contribution in [3.8, 4) is 5.69 Å². The fourth-order valence-electron chi connectivity index (χ4n) is 4.12. The molecule has 0 radical (unpaired) electrons. The van der Waals surface area contributed by atoms with E-state index in [0.717, 1.165) is 11.1 Å². The summed E-state index contributed by atoms with van der Waals surface area (Å²) in [6.45, 7) is 2.29. The van der Waals surface area contributed by atoms with Gasteiger partial charge in [-0.2, -0.15) is 5.10 Å². The molecule has 2 aromatic carbocycles. The van der Waals surface area contributed by atoms with Crippen LogP contribution in [0.2, 0.25) is 15.1 Å². The first-order chi connectivity index (χ1) is 18.8. The number of aryl methyl sites for hydroxylation is 1. The Morgan fingerprint density at radius 1 is 1.00 bits per heavy atom. The SMILES string of the molecule is CCc1nn(-c2c(Cl)cc(Cl)cc2Cl)c2nc(Cc3ccc(NC(=O)NCc4ccncc4)cc3)[nH]c(=O)c12. The first-order valence-corrected chi connectivity index (χ1v) is 13.1. The second-order valence-corrected chi connectivity index (χ2v) is 9.93. The maximum Gasteiger partial charge on any atom is 0.319 e. The predicted molar refractivity (Wildman–Crippen MR) is 153 cm³/mol. The lowest BCUT2D eigenvalue weighted by molar-refractivity contribution is 0.251. The molecular formula is C27H22Cl3N7O2. The number of aromatic amines is 1. The van der Waals surface area contributed by atoms with Crippen molar-refractivity contribution in [3.05, 3.63) is 109 Å². The zero-order valence-corrected chi connectivity index (χ0v) is 22.9. The van der Waals surface area contributed by atoms with E-state index in [9.17, 15) is 9.59 Å². The number of urea groups is 1. The molecule has 0 unspecified atom stereocenters. The Labute approximate surface area is 238 Å². The van der Waals surface area contributed by atoms with Crippen molar-refractivity contribution < 1.29 is 4.79 Å². The van der Waals surface area contributed by atoms with Crippen molar-refractivity contribution in [2.24, 2.45) is 0 Å². The number of hydrogen-bond donors (Lipinski definition) is 3. The molecule has 5 rings (SSSR count). The van der Waals surface area contributed by atoms with Gasteiger partial charge in [0.1, 0.15) is 16.9 Å². The summed E-state index contributed by atoms with van der Waals surface area (Å²) in [6.07, 6.45) is 4.20. The number of benzene rings is 2. The van der Waals surface area contributed by atoms with Crippen molar-refractivity contribution >= 4 is 57.6 Å². The highest BCUT2D eigenvalue weighted by molar-refractivity contribution is 6.40. The molecule has 3 heterocycles. The average Bonchev–Trinajstić information content (AvgIpc) is 3.27. The largest absolute Gasteiger partial charge is 0.334 e. The minimum atomic E-state index is -0.324. The van der Waals surface area contributed by atoms with E-state index in [2.05, 4.69) is 25.7 Å². The molecular weight excluding hydrogens is 561 g/mol. The van der Waals surface area contributed by atoms with E-state index in [-0.39, 0.29) is 21.6 Å². The molecule has 39 heavy (non-hydrogen) atoms. The van der Waals surface area contributed by atoms with Crippen molar-refractivity contribution in [2.75, 3.05) is 5.32 Å². The average molecular weight is 583 g/mol. The molecule has 0 aliphatic heterocycles. The molecule has 12 heteroatoms. The molecule has 0 spiro atoms. The van der Waals surface area contributed by atoms with Crippen LogP contribution in [0.3, 0.4) is 0 Å². The van der Waals surface area contributed by atoms with Crippen molar-refractivity contribution in [3.63, 3.8) is 0 Å². The summed E-state index contributed by atoms with van der Waals surface area (Å²) in [7, 11) is 0. The van der Waals surface area contributed by atoms with Gasteiger partial charge in [-0.3, -0.25) is 9.78 Å². The van der Waals surface area contributed by atoms with Crippen LogP contribution in [0.15, 0.2) is 65.7 Å². The highest BCUT2D eigenvalue weighted by Crippen LogP contribution is 2.33. The summed E-state index contributed by atoms with van der Waals surface area (Å²) in [6, 6.07) is 13.7. The third kappa shape index (κ3) is 5.90. The Bertz CT molecular complexity index is 1700. The van der Waals surface area contributed by atoms with Gasteiger partial charge in [-0.15, -0.1) is 0 Å².